The van der Waals surface area contributed by atoms with E-state index in [1.54, 1.807) is 6.26 Å². The Morgan fingerprint density at radius 1 is 1.26 bits per heavy atom. The van der Waals surface area contributed by atoms with Gasteiger partial charge in [-0.1, -0.05) is 30.7 Å². The Labute approximate surface area is 138 Å². The van der Waals surface area contributed by atoms with E-state index in [2.05, 4.69) is 12.2 Å². The van der Waals surface area contributed by atoms with E-state index >= 15 is 0 Å². The molecule has 118 valence electrons. The number of anilines is 1. The quantitative estimate of drug-likeness (QED) is 0.733. The van der Waals surface area contributed by atoms with Crippen LogP contribution in [-0.4, -0.2) is 5.91 Å². The number of nitrogens with one attached hydrogen (secondary N) is 1. The van der Waals surface area contributed by atoms with Crippen LogP contribution >= 0.6 is 11.6 Å². The second-order valence-electron chi connectivity index (χ2n) is 5.29. The Kier molecular flexibility index (Phi) is 4.35. The molecule has 3 aromatic rings. The van der Waals surface area contributed by atoms with Crippen LogP contribution in [0.1, 0.15) is 18.1 Å². The number of aryl methyl sites for hydroxylation is 1. The van der Waals surface area contributed by atoms with E-state index in [0.717, 1.165) is 23.0 Å². The average Bonchev–Trinajstić information content (AvgIpc) is 2.93. The predicted octanol–water partition coefficient (Wildman–Crippen LogP) is 4.97. The number of furan rings is 1. The summed E-state index contributed by atoms with van der Waals surface area (Å²) in [5.41, 5.74) is 2.76. The van der Waals surface area contributed by atoms with Crippen molar-refractivity contribution in [1.82, 2.24) is 0 Å². The predicted molar refractivity (Wildman–Crippen MR) is 89.3 cm³/mol. The maximum absolute atomic E-state index is 13.7. The lowest BCUT2D eigenvalue weighted by Gasteiger charge is -2.06. The molecular weight excluding hydrogens is 317 g/mol. The molecule has 0 aliphatic carbocycles. The normalized spacial score (nSPS) is 10.9. The largest absolute Gasteiger partial charge is 0.464 e. The van der Waals surface area contributed by atoms with Crippen molar-refractivity contribution in [2.45, 2.75) is 19.8 Å². The molecule has 3 rings (SSSR count). The first kappa shape index (κ1) is 15.6. The maximum atomic E-state index is 13.7. The molecule has 1 heterocycles. The number of fused-ring (bicyclic) bond motifs is 1. The van der Waals surface area contributed by atoms with Gasteiger partial charge in [-0.25, -0.2) is 4.39 Å². The highest BCUT2D eigenvalue weighted by Crippen LogP contribution is 2.24. The fraction of sp³-hybridized carbons (Fsp3) is 0.167. The smallest absolute Gasteiger partial charge is 0.229 e. The summed E-state index contributed by atoms with van der Waals surface area (Å²) in [5.74, 6) is -0.846. The lowest BCUT2D eigenvalue weighted by molar-refractivity contribution is -0.115. The SMILES string of the molecule is CCc1ccc2c(CC(=O)Nc3cc(Cl)ccc3F)coc2c1. The Bertz CT molecular complexity index is 873. The third-order valence-electron chi connectivity index (χ3n) is 3.68. The Hall–Kier alpha value is -2.33. The van der Waals surface area contributed by atoms with Gasteiger partial charge in [0.15, 0.2) is 0 Å². The first-order chi connectivity index (χ1) is 11.1. The van der Waals surface area contributed by atoms with Crippen LogP contribution in [0.15, 0.2) is 47.1 Å². The van der Waals surface area contributed by atoms with Gasteiger partial charge < -0.3 is 9.73 Å². The zero-order chi connectivity index (χ0) is 16.4. The zero-order valence-electron chi connectivity index (χ0n) is 12.5. The van der Waals surface area contributed by atoms with Gasteiger partial charge in [-0.3, -0.25) is 4.79 Å². The molecule has 0 radical (unpaired) electrons. The fourth-order valence-corrected chi connectivity index (χ4v) is 2.62. The van der Waals surface area contributed by atoms with Crippen LogP contribution in [0.2, 0.25) is 5.02 Å². The van der Waals surface area contributed by atoms with Gasteiger partial charge in [0.2, 0.25) is 5.91 Å². The van der Waals surface area contributed by atoms with Crippen molar-refractivity contribution in [2.75, 3.05) is 5.32 Å². The van der Waals surface area contributed by atoms with Crippen LogP contribution < -0.4 is 5.32 Å². The molecule has 0 saturated heterocycles. The Morgan fingerprint density at radius 2 is 2.09 bits per heavy atom. The van der Waals surface area contributed by atoms with E-state index in [0.29, 0.717) is 5.02 Å². The molecule has 0 saturated carbocycles. The fourth-order valence-electron chi connectivity index (χ4n) is 2.45. The molecule has 3 nitrogen and oxygen atoms in total. The molecule has 2 aromatic carbocycles. The van der Waals surface area contributed by atoms with Gasteiger partial charge in [0.05, 0.1) is 18.4 Å². The highest BCUT2D eigenvalue weighted by molar-refractivity contribution is 6.30. The molecular formula is C18H15ClFNO2. The number of halogens is 2. The van der Waals surface area contributed by atoms with Crippen LogP contribution in [0.4, 0.5) is 10.1 Å². The van der Waals surface area contributed by atoms with Crippen LogP contribution in [0, 0.1) is 5.82 Å². The van der Waals surface area contributed by atoms with Crippen LogP contribution in [0.5, 0.6) is 0 Å². The summed E-state index contributed by atoms with van der Waals surface area (Å²) in [6.45, 7) is 2.07. The average molecular weight is 332 g/mol. The van der Waals surface area contributed by atoms with Crippen LogP contribution in [0.25, 0.3) is 11.0 Å². The van der Waals surface area contributed by atoms with Crippen molar-refractivity contribution in [2.24, 2.45) is 0 Å². The molecule has 0 bridgehead atoms. The van der Waals surface area contributed by atoms with E-state index in [-0.39, 0.29) is 18.0 Å². The number of benzene rings is 2. The van der Waals surface area contributed by atoms with Crippen molar-refractivity contribution in [1.29, 1.82) is 0 Å². The molecule has 0 spiro atoms. The molecule has 0 fully saturated rings. The van der Waals surface area contributed by atoms with Gasteiger partial charge in [-0.2, -0.15) is 0 Å². The van der Waals surface area contributed by atoms with E-state index in [4.69, 9.17) is 16.0 Å². The summed E-state index contributed by atoms with van der Waals surface area (Å²) in [7, 11) is 0. The molecule has 1 aromatic heterocycles. The number of carbonyl (C=O) groups is 1. The van der Waals surface area contributed by atoms with Gasteiger partial charge in [0.1, 0.15) is 11.4 Å². The lowest BCUT2D eigenvalue weighted by atomic mass is 10.1. The van der Waals surface area contributed by atoms with Crippen LogP contribution in [-0.2, 0) is 17.6 Å². The summed E-state index contributed by atoms with van der Waals surface area (Å²) in [6, 6.07) is 9.96. The standard InChI is InChI=1S/C18H15ClFNO2/c1-2-11-3-5-14-12(10-23-17(14)7-11)8-18(22)21-16-9-13(19)4-6-15(16)20/h3-7,9-10H,2,8H2,1H3,(H,21,22). The van der Waals surface area contributed by atoms with E-state index < -0.39 is 5.82 Å². The molecule has 0 unspecified atom stereocenters. The molecule has 0 atom stereocenters. The lowest BCUT2D eigenvalue weighted by Crippen LogP contribution is -2.15. The van der Waals surface area contributed by atoms with Crippen molar-refractivity contribution in [3.8, 4) is 0 Å². The highest BCUT2D eigenvalue weighted by Gasteiger charge is 2.13. The minimum Gasteiger partial charge on any atom is -0.464 e. The summed E-state index contributed by atoms with van der Waals surface area (Å²) >= 11 is 5.82. The number of hydrogen-bond donors (Lipinski definition) is 1. The third-order valence-corrected chi connectivity index (χ3v) is 3.92. The maximum Gasteiger partial charge on any atom is 0.229 e. The number of hydrogen-bond acceptors (Lipinski definition) is 2. The Balaban J connectivity index is 1.79. The second kappa shape index (κ2) is 6.42. The minimum atomic E-state index is -0.521. The monoisotopic (exact) mass is 331 g/mol. The summed E-state index contributed by atoms with van der Waals surface area (Å²) < 4.78 is 19.2. The van der Waals surface area contributed by atoms with Crippen molar-refractivity contribution in [3.63, 3.8) is 0 Å². The molecule has 23 heavy (non-hydrogen) atoms. The summed E-state index contributed by atoms with van der Waals surface area (Å²) in [5, 5.41) is 3.79. The van der Waals surface area contributed by atoms with Gasteiger partial charge in [-0.05, 0) is 36.2 Å². The topological polar surface area (TPSA) is 42.2 Å². The van der Waals surface area contributed by atoms with E-state index in [1.165, 1.54) is 23.8 Å². The van der Waals surface area contributed by atoms with Gasteiger partial charge in [0, 0.05) is 16.0 Å². The second-order valence-corrected chi connectivity index (χ2v) is 5.73. The molecule has 0 aliphatic rings. The minimum absolute atomic E-state index is 0.0727. The first-order valence-electron chi connectivity index (χ1n) is 7.30. The molecule has 1 N–H and O–H groups in total. The van der Waals surface area contributed by atoms with Crippen LogP contribution in [0.3, 0.4) is 0 Å². The number of carbonyl (C=O) groups excluding carboxylic acids is 1. The van der Waals surface area contributed by atoms with Crippen molar-refractivity contribution in [3.05, 3.63) is 64.6 Å². The van der Waals surface area contributed by atoms with E-state index in [1.807, 2.05) is 18.2 Å². The number of amides is 1. The van der Waals surface area contributed by atoms with Crippen molar-refractivity contribution < 1.29 is 13.6 Å². The highest BCUT2D eigenvalue weighted by atomic mass is 35.5. The molecule has 1 amide bonds. The molecule has 0 aliphatic heterocycles. The zero-order valence-corrected chi connectivity index (χ0v) is 13.3. The Morgan fingerprint density at radius 3 is 2.87 bits per heavy atom. The first-order valence-corrected chi connectivity index (χ1v) is 7.68. The summed E-state index contributed by atoms with van der Waals surface area (Å²) in [4.78, 5) is 12.1. The summed E-state index contributed by atoms with van der Waals surface area (Å²) in [6.07, 6.45) is 2.59. The van der Waals surface area contributed by atoms with Crippen molar-refractivity contribution >= 4 is 34.2 Å². The molecule has 5 heteroatoms. The van der Waals surface area contributed by atoms with Gasteiger partial charge in [-0.15, -0.1) is 0 Å². The number of rotatable bonds is 4. The van der Waals surface area contributed by atoms with E-state index in [9.17, 15) is 9.18 Å². The van der Waals surface area contributed by atoms with Gasteiger partial charge >= 0.3 is 0 Å². The third kappa shape index (κ3) is 3.37. The van der Waals surface area contributed by atoms with Gasteiger partial charge in [0.25, 0.3) is 0 Å².